The number of amides is 1. The fraction of sp³-hybridized carbons (Fsp3) is 0.471. The van der Waals surface area contributed by atoms with E-state index in [9.17, 15) is 18.0 Å². The van der Waals surface area contributed by atoms with E-state index >= 15 is 0 Å². The number of carbonyl (C=O) groups is 1. The third-order valence-electron chi connectivity index (χ3n) is 3.42. The number of alkyl halides is 3. The summed E-state index contributed by atoms with van der Waals surface area (Å²) in [5.74, 6) is 0. The summed E-state index contributed by atoms with van der Waals surface area (Å²) in [5.41, 5.74) is 0.132. The van der Waals surface area contributed by atoms with Crippen molar-refractivity contribution in [3.05, 3.63) is 41.5 Å². The van der Waals surface area contributed by atoms with Gasteiger partial charge in [0.1, 0.15) is 5.60 Å². The van der Waals surface area contributed by atoms with Crippen molar-refractivity contribution in [2.75, 3.05) is 13.1 Å². The van der Waals surface area contributed by atoms with Gasteiger partial charge < -0.3 is 9.64 Å². The summed E-state index contributed by atoms with van der Waals surface area (Å²) in [6, 6.07) is 5.26. The van der Waals surface area contributed by atoms with Gasteiger partial charge in [0.2, 0.25) is 0 Å². The number of ether oxygens (including phenoxy) is 1. The smallest absolute Gasteiger partial charge is 0.416 e. The Morgan fingerprint density at radius 1 is 1.22 bits per heavy atom. The quantitative estimate of drug-likeness (QED) is 0.746. The molecule has 0 bridgehead atoms. The Morgan fingerprint density at radius 3 is 2.43 bits per heavy atom. The first-order valence-electron chi connectivity index (χ1n) is 7.41. The van der Waals surface area contributed by atoms with E-state index in [0.717, 1.165) is 17.7 Å². The van der Waals surface area contributed by atoms with Crippen LogP contribution in [-0.4, -0.2) is 29.7 Å². The van der Waals surface area contributed by atoms with Crippen molar-refractivity contribution in [3.8, 4) is 0 Å². The maximum Gasteiger partial charge on any atom is 0.416 e. The van der Waals surface area contributed by atoms with E-state index in [1.54, 1.807) is 37.8 Å². The number of hydrogen-bond donors (Lipinski definition) is 0. The average molecular weight is 327 g/mol. The van der Waals surface area contributed by atoms with E-state index in [4.69, 9.17) is 4.74 Å². The molecular formula is C17H20F3NO2. The number of benzene rings is 1. The summed E-state index contributed by atoms with van der Waals surface area (Å²) in [5, 5.41) is 0. The molecule has 1 heterocycles. The van der Waals surface area contributed by atoms with Crippen LogP contribution in [0.3, 0.4) is 0 Å². The summed E-state index contributed by atoms with van der Waals surface area (Å²) in [6.07, 6.45) is -2.48. The van der Waals surface area contributed by atoms with Crippen LogP contribution in [0.2, 0.25) is 0 Å². The fourth-order valence-corrected chi connectivity index (χ4v) is 2.32. The van der Waals surface area contributed by atoms with E-state index in [2.05, 4.69) is 0 Å². The van der Waals surface area contributed by atoms with E-state index < -0.39 is 23.4 Å². The second kappa shape index (κ2) is 6.26. The van der Waals surface area contributed by atoms with Crippen molar-refractivity contribution in [2.45, 2.75) is 39.0 Å². The maximum atomic E-state index is 12.8. The van der Waals surface area contributed by atoms with Crippen LogP contribution in [0.4, 0.5) is 18.0 Å². The molecule has 126 valence electrons. The van der Waals surface area contributed by atoms with Crippen molar-refractivity contribution in [3.63, 3.8) is 0 Å². The van der Waals surface area contributed by atoms with Gasteiger partial charge in [-0.15, -0.1) is 0 Å². The lowest BCUT2D eigenvalue weighted by molar-refractivity contribution is -0.137. The Labute approximate surface area is 133 Å². The van der Waals surface area contributed by atoms with Crippen LogP contribution in [0.15, 0.2) is 30.3 Å². The third kappa shape index (κ3) is 4.74. The van der Waals surface area contributed by atoms with Crippen LogP contribution >= 0.6 is 0 Å². The molecule has 3 nitrogen and oxygen atoms in total. The molecule has 1 amide bonds. The highest BCUT2D eigenvalue weighted by Crippen LogP contribution is 2.32. The highest BCUT2D eigenvalue weighted by atomic mass is 19.4. The molecular weight excluding hydrogens is 307 g/mol. The van der Waals surface area contributed by atoms with Crippen molar-refractivity contribution >= 4 is 11.7 Å². The highest BCUT2D eigenvalue weighted by molar-refractivity contribution is 5.73. The first kappa shape index (κ1) is 17.4. The summed E-state index contributed by atoms with van der Waals surface area (Å²) in [4.78, 5) is 13.5. The largest absolute Gasteiger partial charge is 0.444 e. The Morgan fingerprint density at radius 2 is 1.91 bits per heavy atom. The first-order valence-corrected chi connectivity index (χ1v) is 7.41. The molecule has 1 aromatic rings. The highest BCUT2D eigenvalue weighted by Gasteiger charge is 2.31. The average Bonchev–Trinajstić information content (AvgIpc) is 2.45. The molecule has 1 aliphatic rings. The lowest BCUT2D eigenvalue weighted by Crippen LogP contribution is -2.39. The molecule has 0 N–H and O–H groups in total. The van der Waals surface area contributed by atoms with Gasteiger partial charge in [-0.2, -0.15) is 13.2 Å². The monoisotopic (exact) mass is 327 g/mol. The maximum absolute atomic E-state index is 12.8. The number of carbonyl (C=O) groups excluding carboxylic acids is 1. The van der Waals surface area contributed by atoms with Crippen molar-refractivity contribution < 1.29 is 22.7 Å². The number of nitrogens with zero attached hydrogens (tertiary/aromatic N) is 1. The summed E-state index contributed by atoms with van der Waals surface area (Å²) >= 11 is 0. The zero-order chi connectivity index (χ0) is 17.3. The fourth-order valence-electron chi connectivity index (χ4n) is 2.32. The van der Waals surface area contributed by atoms with Gasteiger partial charge in [-0.05, 0) is 50.5 Å². The normalized spacial score (nSPS) is 16.1. The van der Waals surface area contributed by atoms with Crippen molar-refractivity contribution in [1.29, 1.82) is 0 Å². The molecule has 0 spiro atoms. The van der Waals surface area contributed by atoms with Crippen LogP contribution in [0, 0.1) is 0 Å². The summed E-state index contributed by atoms with van der Waals surface area (Å²) in [6.45, 7) is 6.13. The van der Waals surface area contributed by atoms with E-state index in [-0.39, 0.29) is 0 Å². The molecule has 0 aliphatic carbocycles. The standard InChI is InChI=1S/C17H20F3NO2/c1-16(2,3)23-15(22)21-9-7-12(8-10-21)13-5-4-6-14(11-13)17(18,19)20/h4-7,11H,8-10H2,1-3H3. The van der Waals surface area contributed by atoms with E-state index in [1.165, 1.54) is 6.07 Å². The summed E-state index contributed by atoms with van der Waals surface area (Å²) < 4.78 is 43.6. The Balaban J connectivity index is 2.09. The molecule has 0 saturated carbocycles. The minimum absolute atomic E-state index is 0.334. The predicted octanol–water partition coefficient (Wildman–Crippen LogP) is 4.73. The SMILES string of the molecule is CC(C)(C)OC(=O)N1CC=C(c2cccc(C(F)(F)F)c2)CC1. The first-order chi connectivity index (χ1) is 10.6. The topological polar surface area (TPSA) is 29.5 Å². The molecule has 0 saturated heterocycles. The van der Waals surface area contributed by atoms with Gasteiger partial charge in [0.25, 0.3) is 0 Å². The Hall–Kier alpha value is -1.98. The van der Waals surface area contributed by atoms with Crippen molar-refractivity contribution in [1.82, 2.24) is 4.90 Å². The van der Waals surface area contributed by atoms with E-state index in [0.29, 0.717) is 25.1 Å². The van der Waals surface area contributed by atoms with Crippen molar-refractivity contribution in [2.24, 2.45) is 0 Å². The molecule has 1 aliphatic heterocycles. The van der Waals surface area contributed by atoms with Crippen LogP contribution in [0.5, 0.6) is 0 Å². The number of halogens is 3. The minimum atomic E-state index is -4.35. The Kier molecular flexibility index (Phi) is 4.73. The van der Waals surface area contributed by atoms with Gasteiger partial charge in [0.05, 0.1) is 5.56 Å². The number of rotatable bonds is 1. The van der Waals surface area contributed by atoms with Gasteiger partial charge in [0.15, 0.2) is 0 Å². The van der Waals surface area contributed by atoms with Gasteiger partial charge in [-0.1, -0.05) is 18.2 Å². The van der Waals surface area contributed by atoms with Gasteiger partial charge in [-0.25, -0.2) is 4.79 Å². The lowest BCUT2D eigenvalue weighted by Gasteiger charge is -2.29. The molecule has 0 fully saturated rings. The van der Waals surface area contributed by atoms with Crippen LogP contribution < -0.4 is 0 Å². The molecule has 0 unspecified atom stereocenters. The second-order valence-electron chi connectivity index (χ2n) is 6.48. The molecule has 2 rings (SSSR count). The zero-order valence-electron chi connectivity index (χ0n) is 13.4. The van der Waals surface area contributed by atoms with Crippen LogP contribution in [-0.2, 0) is 10.9 Å². The lowest BCUT2D eigenvalue weighted by atomic mass is 9.98. The predicted molar refractivity (Wildman–Crippen MR) is 81.8 cm³/mol. The van der Waals surface area contributed by atoms with E-state index in [1.807, 2.05) is 0 Å². The van der Waals surface area contributed by atoms with Crippen LogP contribution in [0.25, 0.3) is 5.57 Å². The second-order valence-corrected chi connectivity index (χ2v) is 6.48. The zero-order valence-corrected chi connectivity index (χ0v) is 13.4. The molecule has 0 radical (unpaired) electrons. The molecule has 0 atom stereocenters. The molecule has 6 heteroatoms. The minimum Gasteiger partial charge on any atom is -0.444 e. The molecule has 0 aromatic heterocycles. The third-order valence-corrected chi connectivity index (χ3v) is 3.42. The van der Waals surface area contributed by atoms with Gasteiger partial charge >= 0.3 is 12.3 Å². The molecule has 1 aromatic carbocycles. The van der Waals surface area contributed by atoms with Crippen LogP contribution in [0.1, 0.15) is 38.3 Å². The molecule has 23 heavy (non-hydrogen) atoms. The Bertz CT molecular complexity index is 615. The number of hydrogen-bond acceptors (Lipinski definition) is 2. The van der Waals surface area contributed by atoms with Gasteiger partial charge in [0, 0.05) is 13.1 Å². The van der Waals surface area contributed by atoms with Gasteiger partial charge in [-0.3, -0.25) is 0 Å². The summed E-state index contributed by atoms with van der Waals surface area (Å²) in [7, 11) is 0.